The molecule has 0 bridgehead atoms. The monoisotopic (exact) mass is 624 g/mol. The molecule has 47 heavy (non-hydrogen) atoms. The van der Waals surface area contributed by atoms with Crippen LogP contribution in [0.5, 0.6) is 0 Å². The number of hydrogen-bond acceptors (Lipinski definition) is 1. The minimum atomic E-state index is -1.08. The summed E-state index contributed by atoms with van der Waals surface area (Å²) in [5, 5.41) is -6.55. The molecule has 0 unspecified atom stereocenters. The first kappa shape index (κ1) is 10.7. The van der Waals surface area contributed by atoms with Crippen molar-refractivity contribution < 1.29 is 42.8 Å². The summed E-state index contributed by atoms with van der Waals surface area (Å²) in [5.74, 6) is 0. The van der Waals surface area contributed by atoms with E-state index in [2.05, 4.69) is 0 Å². The van der Waals surface area contributed by atoms with E-state index in [0.717, 1.165) is 0 Å². The van der Waals surface area contributed by atoms with E-state index in [0.29, 0.717) is 0 Å². The van der Waals surface area contributed by atoms with Gasteiger partial charge in [-0.1, -0.05) is 139 Å². The van der Waals surface area contributed by atoms with Crippen molar-refractivity contribution in [1.82, 2.24) is 0 Å². The van der Waals surface area contributed by atoms with Crippen molar-refractivity contribution in [3.8, 4) is 33.4 Å². The van der Waals surface area contributed by atoms with Gasteiger partial charge < -0.3 is 4.42 Å². The molecule has 0 aliphatic rings. The summed E-state index contributed by atoms with van der Waals surface area (Å²) in [7, 11) is 0. The summed E-state index contributed by atoms with van der Waals surface area (Å²) in [6, 6.07) is -26.4. The van der Waals surface area contributed by atoms with Crippen molar-refractivity contribution >= 4 is 65.0 Å². The highest BCUT2D eigenvalue weighted by Crippen LogP contribution is 2.47. The minimum absolute atomic E-state index is 0.420. The maximum Gasteiger partial charge on any atom is 0.136 e. The van der Waals surface area contributed by atoms with Gasteiger partial charge in [-0.2, -0.15) is 0 Å². The molecule has 1 nitrogen and oxygen atoms in total. The summed E-state index contributed by atoms with van der Waals surface area (Å²) in [4.78, 5) is 0. The fourth-order valence-corrected chi connectivity index (χ4v) is 5.83. The Morgan fingerprint density at radius 1 is 0.340 bits per heavy atom. The second kappa shape index (κ2) is 10.2. The summed E-state index contributed by atoms with van der Waals surface area (Å²) in [6.45, 7) is 0. The van der Waals surface area contributed by atoms with E-state index >= 15 is 0 Å². The molecule has 10 rings (SSSR count). The van der Waals surface area contributed by atoms with Gasteiger partial charge in [0.2, 0.25) is 0 Å². The molecule has 0 aliphatic heterocycles. The van der Waals surface area contributed by atoms with Crippen molar-refractivity contribution in [3.05, 3.63) is 169 Å². The van der Waals surface area contributed by atoms with Gasteiger partial charge in [0.05, 0.1) is 38.4 Å². The van der Waals surface area contributed by atoms with Crippen LogP contribution in [-0.4, -0.2) is 0 Å². The maximum absolute atomic E-state index is 9.97. The number of hydrogen-bond donors (Lipinski definition) is 0. The highest BCUT2D eigenvalue weighted by atomic mass is 16.3. The van der Waals surface area contributed by atoms with E-state index in [-0.39, 0.29) is 0 Å². The predicted octanol–water partition coefficient (Wildman–Crippen LogP) is 13.2. The molecule has 0 amide bonds. The van der Waals surface area contributed by atoms with E-state index < -0.39 is 268 Å². The lowest BCUT2D eigenvalue weighted by Gasteiger charge is -2.19. The van der Waals surface area contributed by atoms with E-state index in [1.165, 1.54) is 0 Å². The van der Waals surface area contributed by atoms with Crippen molar-refractivity contribution in [2.45, 2.75) is 0 Å². The molecule has 10 aromatic rings. The van der Waals surface area contributed by atoms with Gasteiger partial charge in [0.15, 0.2) is 0 Å². The van der Waals surface area contributed by atoms with Crippen molar-refractivity contribution in [3.63, 3.8) is 0 Å². The van der Waals surface area contributed by atoms with Gasteiger partial charge in [0.1, 0.15) is 11.2 Å². The molecule has 0 atom stereocenters. The molecule has 0 N–H and O–H groups in total. The topological polar surface area (TPSA) is 13.1 Å². The van der Waals surface area contributed by atoms with Crippen LogP contribution in [-0.2, 0) is 0 Å². The van der Waals surface area contributed by atoms with Crippen LogP contribution in [0.25, 0.3) is 98.4 Å². The Kier molecular flexibility index (Phi) is 2.31. The van der Waals surface area contributed by atoms with E-state index in [1.807, 2.05) is 0 Å². The summed E-state index contributed by atoms with van der Waals surface area (Å²) < 4.78 is 259. The Hall–Kier alpha value is -6.18. The third-order valence-electron chi connectivity index (χ3n) is 7.76. The Morgan fingerprint density at radius 3 is 1.64 bits per heavy atom. The fraction of sp³-hybridized carbons (Fsp3) is 0. The third-order valence-corrected chi connectivity index (χ3v) is 7.76. The van der Waals surface area contributed by atoms with Crippen molar-refractivity contribution in [2.24, 2.45) is 0 Å². The Labute approximate surface area is 311 Å². The zero-order valence-electron chi connectivity index (χ0n) is 51.4. The molecule has 9 aromatic carbocycles. The Bertz CT molecular complexity index is 4330. The molecule has 0 saturated heterocycles. The van der Waals surface area contributed by atoms with E-state index in [4.69, 9.17) is 29.1 Å². The zero-order chi connectivity index (χ0) is 55.3. The highest BCUT2D eigenvalue weighted by Gasteiger charge is 2.20. The fourth-order valence-electron chi connectivity index (χ4n) is 5.83. The molecule has 0 radical (unpaired) electrons. The molecule has 0 spiro atoms. The largest absolute Gasteiger partial charge is 0.456 e. The smallest absolute Gasteiger partial charge is 0.136 e. The molecule has 1 aromatic heterocycles. The third kappa shape index (κ3) is 3.97. The molecule has 1 heterocycles. The normalized spacial score (nSPS) is 20.2. The quantitative estimate of drug-likeness (QED) is 0.178. The standard InChI is InChI=1S/C46H28O/c1-2-12-29(13-3-1)33-26-31-15-5-6-16-34(31)40(28-33)45-38-20-10-8-18-36(38)44(37-19-9-11-21-39(37)45)32-23-24-42-41(27-32)46-35-17-7-4-14-30(35)22-25-43(46)47-42/h1-28H/i1D,2D,3D,4D,5D,6D,7D,8D,9D,10D,11D,12D,13D,14D,15D,16D,17D,18D,19D,20D,21D,22D,23D,24D,25D,26D,27D,28D. The zero-order valence-corrected chi connectivity index (χ0v) is 23.4. The van der Waals surface area contributed by atoms with Crippen LogP contribution in [0.2, 0.25) is 0 Å². The van der Waals surface area contributed by atoms with Crippen LogP contribution < -0.4 is 0 Å². The number of fused-ring (bicyclic) bond motifs is 8. The average molecular weight is 625 g/mol. The first-order chi connectivity index (χ1) is 35.0. The van der Waals surface area contributed by atoms with E-state index in [9.17, 15) is 13.7 Å². The van der Waals surface area contributed by atoms with Crippen molar-refractivity contribution in [2.75, 3.05) is 0 Å². The highest BCUT2D eigenvalue weighted by molar-refractivity contribution is 6.25. The first-order valence-corrected chi connectivity index (χ1v) is 13.9. The molecule has 0 saturated carbocycles. The number of furan rings is 1. The van der Waals surface area contributed by atoms with Gasteiger partial charge in [-0.15, -0.1) is 0 Å². The first-order valence-electron chi connectivity index (χ1n) is 27.9. The average Bonchev–Trinajstić information content (AvgIpc) is 3.79. The second-order valence-electron chi connectivity index (χ2n) is 10.3. The SMILES string of the molecule is [2H]c1c([2H])c([2H])c(-c2c([2H])c(-c3c4c([2H])c([2H])c([2H])c([2H])c4c(-c4c([2H])c([2H])c5oc6c([2H])c([2H])c7c([2H])c([2H])c([2H])c([2H])c7c6c5c4[2H])c4c([2H])c([2H])c([2H])c([2H])c34)c3c([2H])c([2H])c([2H])c([2H])c3c2[2H])c([2H])c1[2H]. The molecule has 1 heteroatoms. The Morgan fingerprint density at radius 2 is 0.915 bits per heavy atom. The van der Waals surface area contributed by atoms with Crippen LogP contribution in [0, 0.1) is 0 Å². The number of benzene rings is 9. The van der Waals surface area contributed by atoms with Crippen LogP contribution in [0.4, 0.5) is 0 Å². The van der Waals surface area contributed by atoms with Crippen LogP contribution in [0.3, 0.4) is 0 Å². The predicted molar refractivity (Wildman–Crippen MR) is 200 cm³/mol. The molecule has 0 fully saturated rings. The summed E-state index contributed by atoms with van der Waals surface area (Å²) in [5.41, 5.74) is -6.06. The summed E-state index contributed by atoms with van der Waals surface area (Å²) in [6.07, 6.45) is 0. The van der Waals surface area contributed by atoms with Gasteiger partial charge in [0, 0.05) is 10.8 Å². The lowest BCUT2D eigenvalue weighted by molar-refractivity contribution is 0.669. The minimum Gasteiger partial charge on any atom is -0.456 e. The molecular formula is C46H28O. The molecule has 218 valence electrons. The van der Waals surface area contributed by atoms with Crippen molar-refractivity contribution in [1.29, 1.82) is 0 Å². The van der Waals surface area contributed by atoms with Crippen LogP contribution in [0.1, 0.15) is 38.4 Å². The van der Waals surface area contributed by atoms with Gasteiger partial charge in [-0.05, 0) is 107 Å². The lowest BCUT2D eigenvalue weighted by atomic mass is 9.83. The second-order valence-corrected chi connectivity index (χ2v) is 10.3. The number of rotatable bonds is 3. The van der Waals surface area contributed by atoms with Crippen LogP contribution >= 0.6 is 0 Å². The maximum atomic E-state index is 9.97. The molecular weight excluding hydrogens is 569 g/mol. The van der Waals surface area contributed by atoms with Crippen LogP contribution in [0.15, 0.2) is 174 Å². The Balaban J connectivity index is 1.57. The van der Waals surface area contributed by atoms with Gasteiger partial charge in [-0.3, -0.25) is 0 Å². The van der Waals surface area contributed by atoms with Gasteiger partial charge >= 0.3 is 0 Å². The molecule has 0 aliphatic carbocycles. The lowest BCUT2D eigenvalue weighted by Crippen LogP contribution is -1.92. The van der Waals surface area contributed by atoms with E-state index in [1.54, 1.807) is 0 Å². The van der Waals surface area contributed by atoms with Gasteiger partial charge in [0.25, 0.3) is 0 Å². The summed E-state index contributed by atoms with van der Waals surface area (Å²) >= 11 is 0. The van der Waals surface area contributed by atoms with Gasteiger partial charge in [-0.25, -0.2) is 0 Å².